The van der Waals surface area contributed by atoms with Crippen molar-refractivity contribution in [3.63, 3.8) is 0 Å². The van der Waals surface area contributed by atoms with Gasteiger partial charge in [-0.1, -0.05) is 0 Å². The third-order valence-corrected chi connectivity index (χ3v) is 6.80. The first-order valence-electron chi connectivity index (χ1n) is 12.6. The molecule has 0 aliphatic rings. The molecule has 0 heterocycles. The third-order valence-electron chi connectivity index (χ3n) is 6.80. The summed E-state index contributed by atoms with van der Waals surface area (Å²) in [5.74, 6) is 4.23. The van der Waals surface area contributed by atoms with Gasteiger partial charge in [0.25, 0.3) is 0 Å². The molecule has 6 rings (SSSR count). The van der Waals surface area contributed by atoms with Crippen molar-refractivity contribution in [1.82, 2.24) is 0 Å². The van der Waals surface area contributed by atoms with Crippen LogP contribution in [0.15, 0.2) is 30.3 Å². The normalized spacial score (nSPS) is 12.1. The number of rotatable bonds is 10. The summed E-state index contributed by atoms with van der Waals surface area (Å²) in [6.45, 7) is 13.0. The molecule has 0 atom stereocenters. The van der Waals surface area contributed by atoms with E-state index in [4.69, 9.17) is 23.7 Å². The van der Waals surface area contributed by atoms with Crippen LogP contribution in [-0.2, 0) is 0 Å². The lowest BCUT2D eigenvalue weighted by atomic mass is 9.97. The molecule has 0 N–H and O–H groups in total. The van der Waals surface area contributed by atoms with E-state index in [0.29, 0.717) is 33.0 Å². The highest BCUT2D eigenvalue weighted by Gasteiger charge is 2.29. The zero-order chi connectivity index (χ0) is 24.3. The summed E-state index contributed by atoms with van der Waals surface area (Å²) in [6.07, 6.45) is 0. The van der Waals surface area contributed by atoms with Crippen molar-refractivity contribution in [2.24, 2.45) is 0 Å². The van der Waals surface area contributed by atoms with E-state index in [2.05, 4.69) is 30.3 Å². The maximum atomic E-state index is 6.19. The van der Waals surface area contributed by atoms with Gasteiger partial charge in [-0.05, 0) is 65.0 Å². The van der Waals surface area contributed by atoms with Gasteiger partial charge < -0.3 is 23.7 Å². The third kappa shape index (κ3) is 2.94. The highest BCUT2D eigenvalue weighted by Crippen LogP contribution is 2.57. The molecule has 0 amide bonds. The fraction of sp³-hybridized carbons (Fsp3) is 0.333. The van der Waals surface area contributed by atoms with Crippen LogP contribution in [0.3, 0.4) is 0 Å². The second-order valence-electron chi connectivity index (χ2n) is 8.65. The minimum atomic E-state index is 0.578. The lowest BCUT2D eigenvalue weighted by molar-refractivity contribution is 0.338. The first-order chi connectivity index (χ1) is 17.2. The van der Waals surface area contributed by atoms with Gasteiger partial charge in [0, 0.05) is 53.9 Å². The average Bonchev–Trinajstić information content (AvgIpc) is 3.21. The molecule has 5 nitrogen and oxygen atoms in total. The van der Waals surface area contributed by atoms with E-state index in [1.54, 1.807) is 0 Å². The molecule has 0 saturated heterocycles. The first-order valence-corrected chi connectivity index (χ1v) is 12.6. The molecule has 0 aliphatic heterocycles. The van der Waals surface area contributed by atoms with Gasteiger partial charge in [0.2, 0.25) is 0 Å². The molecule has 0 aliphatic carbocycles. The highest BCUT2D eigenvalue weighted by molar-refractivity contribution is 6.47. The van der Waals surface area contributed by atoms with Crippen molar-refractivity contribution in [2.45, 2.75) is 34.6 Å². The number of hydrogen-bond donors (Lipinski definition) is 0. The number of ether oxygens (including phenoxy) is 5. The fourth-order valence-corrected chi connectivity index (χ4v) is 5.72. The van der Waals surface area contributed by atoms with Gasteiger partial charge in [0.05, 0.1) is 33.0 Å². The van der Waals surface area contributed by atoms with Crippen LogP contribution < -0.4 is 23.7 Å². The van der Waals surface area contributed by atoms with Crippen LogP contribution in [0.5, 0.6) is 28.7 Å². The highest BCUT2D eigenvalue weighted by atomic mass is 16.5. The Kier molecular flexibility index (Phi) is 5.17. The molecule has 5 heteroatoms. The topological polar surface area (TPSA) is 46.2 Å². The maximum Gasteiger partial charge on any atom is 0.128 e. The molecular weight excluding hydrogens is 440 g/mol. The molecule has 6 aromatic rings. The number of hydrogen-bond acceptors (Lipinski definition) is 5. The molecule has 180 valence electrons. The van der Waals surface area contributed by atoms with Crippen molar-refractivity contribution < 1.29 is 23.7 Å². The first kappa shape index (κ1) is 21.9. The van der Waals surface area contributed by atoms with Gasteiger partial charge >= 0.3 is 0 Å². The average molecular weight is 471 g/mol. The summed E-state index contributed by atoms with van der Waals surface area (Å²) in [4.78, 5) is 0. The van der Waals surface area contributed by atoms with E-state index in [1.807, 2.05) is 34.6 Å². The van der Waals surface area contributed by atoms with Crippen LogP contribution in [0.4, 0.5) is 0 Å². The Bertz CT molecular complexity index is 1340. The molecular formula is C30H30O5. The monoisotopic (exact) mass is 470 g/mol. The van der Waals surface area contributed by atoms with E-state index < -0.39 is 0 Å². The van der Waals surface area contributed by atoms with E-state index in [9.17, 15) is 0 Å². The molecule has 0 bridgehead atoms. The van der Waals surface area contributed by atoms with Crippen molar-refractivity contribution in [1.29, 1.82) is 0 Å². The van der Waals surface area contributed by atoms with Crippen molar-refractivity contribution in [3.05, 3.63) is 30.3 Å². The molecule has 0 unspecified atom stereocenters. The maximum absolute atomic E-state index is 6.19. The summed E-state index contributed by atoms with van der Waals surface area (Å²) in [7, 11) is 0. The molecule has 0 fully saturated rings. The van der Waals surface area contributed by atoms with Crippen LogP contribution >= 0.6 is 0 Å². The number of benzene rings is 5. The summed E-state index contributed by atoms with van der Waals surface area (Å²) >= 11 is 0. The Balaban J connectivity index is 1.94. The largest absolute Gasteiger partial charge is 0.493 e. The quantitative estimate of drug-likeness (QED) is 0.191. The lowest BCUT2D eigenvalue weighted by Gasteiger charge is -2.16. The van der Waals surface area contributed by atoms with E-state index >= 15 is 0 Å². The Morgan fingerprint density at radius 3 is 0.657 bits per heavy atom. The standard InChI is InChI=1S/C30H30O5/c1-6-31-21-11-17-23(33-8-3)13-19-25(35-10-5)15-20-24(34-9-4)14-18-22(32-7-2)12-16(21)26-27(17)29(19)30(20)28(18)26/h11-15H,6-10H2,1-5H3. The second kappa shape index (κ2) is 8.26. The fourth-order valence-electron chi connectivity index (χ4n) is 5.72. The summed E-state index contributed by atoms with van der Waals surface area (Å²) < 4.78 is 30.9. The zero-order valence-corrected chi connectivity index (χ0v) is 21.0. The van der Waals surface area contributed by atoms with Crippen molar-refractivity contribution >= 4 is 53.9 Å². The van der Waals surface area contributed by atoms with Crippen LogP contribution in [0.1, 0.15) is 34.6 Å². The van der Waals surface area contributed by atoms with Crippen LogP contribution in [-0.4, -0.2) is 33.0 Å². The smallest absolute Gasteiger partial charge is 0.128 e. The summed E-state index contributed by atoms with van der Waals surface area (Å²) in [6, 6.07) is 10.6. The van der Waals surface area contributed by atoms with Crippen LogP contribution in [0, 0.1) is 0 Å². The molecule has 6 aromatic carbocycles. The Morgan fingerprint density at radius 1 is 0.343 bits per heavy atom. The van der Waals surface area contributed by atoms with Gasteiger partial charge in [-0.25, -0.2) is 0 Å². The predicted molar refractivity (Wildman–Crippen MR) is 143 cm³/mol. The van der Waals surface area contributed by atoms with E-state index in [0.717, 1.165) is 55.7 Å². The SMILES string of the molecule is CCOc1cc2c(OCC)cc3c(OCC)cc4c(OCC)cc5c(OCC)cc1c1c5c4c3c21. The zero-order valence-electron chi connectivity index (χ0n) is 21.0. The lowest BCUT2D eigenvalue weighted by Crippen LogP contribution is -1.97. The molecule has 0 saturated carbocycles. The van der Waals surface area contributed by atoms with Gasteiger partial charge in [0.15, 0.2) is 0 Å². The van der Waals surface area contributed by atoms with Crippen molar-refractivity contribution in [2.75, 3.05) is 33.0 Å². The summed E-state index contributed by atoms with van der Waals surface area (Å²) in [5, 5.41) is 11.2. The Morgan fingerprint density at radius 2 is 0.514 bits per heavy atom. The van der Waals surface area contributed by atoms with Gasteiger partial charge in [-0.15, -0.1) is 0 Å². The van der Waals surface area contributed by atoms with E-state index in [1.165, 1.54) is 26.9 Å². The molecule has 0 spiro atoms. The van der Waals surface area contributed by atoms with Gasteiger partial charge in [-0.2, -0.15) is 0 Å². The minimum Gasteiger partial charge on any atom is -0.493 e. The Labute approximate surface area is 204 Å². The predicted octanol–water partition coefficient (Wildman–Crippen LogP) is 7.76. The van der Waals surface area contributed by atoms with Gasteiger partial charge in [-0.3, -0.25) is 0 Å². The molecule has 0 aromatic heterocycles. The van der Waals surface area contributed by atoms with Crippen LogP contribution in [0.25, 0.3) is 53.9 Å². The van der Waals surface area contributed by atoms with Crippen molar-refractivity contribution in [3.8, 4) is 28.7 Å². The van der Waals surface area contributed by atoms with Gasteiger partial charge in [0.1, 0.15) is 28.7 Å². The van der Waals surface area contributed by atoms with Crippen LogP contribution in [0.2, 0.25) is 0 Å². The Hall–Kier alpha value is -3.60. The summed E-state index contributed by atoms with van der Waals surface area (Å²) in [5.41, 5.74) is 0. The van der Waals surface area contributed by atoms with E-state index in [-0.39, 0.29) is 0 Å². The minimum absolute atomic E-state index is 0.578. The second-order valence-corrected chi connectivity index (χ2v) is 8.65. The molecule has 0 radical (unpaired) electrons. The molecule has 35 heavy (non-hydrogen) atoms.